The minimum Gasteiger partial charge on any atom is -0.343 e. The minimum atomic E-state index is -3.47. The van der Waals surface area contributed by atoms with Crippen LogP contribution in [0.25, 0.3) is 0 Å². The first-order chi connectivity index (χ1) is 13.9. The number of sulfonamides is 1. The molecule has 1 aromatic rings. The average Bonchev–Trinajstić information content (AvgIpc) is 3.19. The Morgan fingerprint density at radius 1 is 1.17 bits per heavy atom. The molecule has 2 aliphatic carbocycles. The Labute approximate surface area is 177 Å². The zero-order valence-electron chi connectivity index (χ0n) is 17.1. The minimum absolute atomic E-state index is 0.101. The van der Waals surface area contributed by atoms with Gasteiger partial charge in [-0.15, -0.1) is 5.10 Å². The molecule has 0 radical (unpaired) electrons. The van der Waals surface area contributed by atoms with E-state index in [4.69, 9.17) is 5.14 Å². The van der Waals surface area contributed by atoms with Crippen molar-refractivity contribution in [2.24, 2.45) is 5.14 Å². The zero-order chi connectivity index (χ0) is 20.9. The maximum Gasteiger partial charge on any atom is 0.222 e. The maximum absolute atomic E-state index is 12.4. The van der Waals surface area contributed by atoms with Crippen molar-refractivity contribution in [1.82, 2.24) is 25.1 Å². The van der Waals surface area contributed by atoms with E-state index in [2.05, 4.69) is 15.5 Å². The molecule has 0 saturated heterocycles. The van der Waals surface area contributed by atoms with Gasteiger partial charge in [-0.05, 0) is 55.4 Å². The fraction of sp³-hybridized carbons (Fsp3) is 0.889. The molecule has 0 aliphatic heterocycles. The molecule has 3 rings (SSSR count). The summed E-state index contributed by atoms with van der Waals surface area (Å²) < 4.78 is 24.8. The summed E-state index contributed by atoms with van der Waals surface area (Å²) >= 11 is 1.56. The first-order valence-corrected chi connectivity index (χ1v) is 13.1. The second kappa shape index (κ2) is 10.2. The SMILES string of the molecule is CN(C(=O)CCCSc1nnnn1C1CCC(S(N)(=O)=O)CC1)C1CCCCC1. The number of carbonyl (C=O) groups excluding carboxylic acids is 1. The van der Waals surface area contributed by atoms with Crippen LogP contribution in [0, 0.1) is 0 Å². The molecule has 2 aliphatic rings. The van der Waals surface area contributed by atoms with Gasteiger partial charge >= 0.3 is 0 Å². The van der Waals surface area contributed by atoms with Crippen LogP contribution in [0.15, 0.2) is 5.16 Å². The van der Waals surface area contributed by atoms with Crippen LogP contribution >= 0.6 is 11.8 Å². The summed E-state index contributed by atoms with van der Waals surface area (Å²) in [5.74, 6) is 0.996. The lowest BCUT2D eigenvalue weighted by atomic mass is 9.94. The van der Waals surface area contributed by atoms with Gasteiger partial charge in [0, 0.05) is 25.3 Å². The van der Waals surface area contributed by atoms with E-state index in [0.717, 1.165) is 30.2 Å². The number of amides is 1. The molecular weight excluding hydrogens is 412 g/mol. The molecule has 2 fully saturated rings. The molecule has 164 valence electrons. The number of aromatic nitrogens is 4. The molecule has 0 atom stereocenters. The number of thioether (sulfide) groups is 1. The van der Waals surface area contributed by atoms with E-state index in [1.54, 1.807) is 16.4 Å². The van der Waals surface area contributed by atoms with E-state index < -0.39 is 15.3 Å². The average molecular weight is 445 g/mol. The number of hydrogen-bond donors (Lipinski definition) is 1. The normalized spacial score (nSPS) is 23.8. The first-order valence-electron chi connectivity index (χ1n) is 10.5. The number of primary sulfonamides is 1. The molecule has 1 aromatic heterocycles. The molecule has 1 heterocycles. The van der Waals surface area contributed by atoms with Gasteiger partial charge in [0.05, 0.1) is 11.3 Å². The van der Waals surface area contributed by atoms with Crippen molar-refractivity contribution >= 4 is 27.7 Å². The van der Waals surface area contributed by atoms with Crippen LogP contribution in [-0.2, 0) is 14.8 Å². The topological polar surface area (TPSA) is 124 Å². The Balaban J connectivity index is 1.42. The summed E-state index contributed by atoms with van der Waals surface area (Å²) in [6.45, 7) is 0. The fourth-order valence-electron chi connectivity index (χ4n) is 4.36. The Hall–Kier alpha value is -1.20. The lowest BCUT2D eigenvalue weighted by molar-refractivity contribution is -0.132. The Morgan fingerprint density at radius 3 is 2.52 bits per heavy atom. The number of carbonyl (C=O) groups is 1. The molecule has 2 saturated carbocycles. The lowest BCUT2D eigenvalue weighted by Gasteiger charge is -2.31. The molecule has 0 bridgehead atoms. The van der Waals surface area contributed by atoms with Crippen LogP contribution in [0.1, 0.15) is 76.7 Å². The fourth-order valence-corrected chi connectivity index (χ4v) is 6.18. The summed E-state index contributed by atoms with van der Waals surface area (Å²) in [6, 6.07) is 0.508. The summed E-state index contributed by atoms with van der Waals surface area (Å²) in [6.07, 6.45) is 9.78. The van der Waals surface area contributed by atoms with Gasteiger partial charge in [0.25, 0.3) is 0 Å². The van der Waals surface area contributed by atoms with Crippen LogP contribution < -0.4 is 5.14 Å². The second-order valence-corrected chi connectivity index (χ2v) is 11.1. The molecule has 0 spiro atoms. The highest BCUT2D eigenvalue weighted by atomic mass is 32.2. The maximum atomic E-state index is 12.4. The molecule has 0 aromatic carbocycles. The quantitative estimate of drug-likeness (QED) is 0.481. The number of nitrogens with zero attached hydrogens (tertiary/aromatic N) is 5. The van der Waals surface area contributed by atoms with Gasteiger partial charge in [0.1, 0.15) is 0 Å². The Morgan fingerprint density at radius 2 is 1.86 bits per heavy atom. The molecular formula is C18H32N6O3S2. The standard InChI is InChI=1S/C18H32N6O3S2/c1-23(14-6-3-2-4-7-14)17(25)8-5-13-28-18-20-21-22-24(18)15-9-11-16(12-10-15)29(19,26)27/h14-16H,2-13H2,1H3,(H2,19,26,27). The summed E-state index contributed by atoms with van der Waals surface area (Å²) in [7, 11) is -1.54. The van der Waals surface area contributed by atoms with Gasteiger partial charge in [-0.2, -0.15) is 0 Å². The van der Waals surface area contributed by atoms with E-state index in [-0.39, 0.29) is 11.9 Å². The van der Waals surface area contributed by atoms with Gasteiger partial charge in [0.15, 0.2) is 0 Å². The van der Waals surface area contributed by atoms with Crippen molar-refractivity contribution in [2.75, 3.05) is 12.8 Å². The smallest absolute Gasteiger partial charge is 0.222 e. The molecule has 29 heavy (non-hydrogen) atoms. The van der Waals surface area contributed by atoms with Crippen LogP contribution in [-0.4, -0.2) is 63.5 Å². The zero-order valence-corrected chi connectivity index (χ0v) is 18.7. The van der Waals surface area contributed by atoms with E-state index in [0.29, 0.717) is 38.1 Å². The molecule has 11 heteroatoms. The second-order valence-electron chi connectivity index (χ2n) is 8.17. The monoisotopic (exact) mass is 444 g/mol. The van der Waals surface area contributed by atoms with Gasteiger partial charge < -0.3 is 4.90 Å². The van der Waals surface area contributed by atoms with Gasteiger partial charge in [0.2, 0.25) is 21.1 Å². The summed E-state index contributed by atoms with van der Waals surface area (Å²) in [4.78, 5) is 14.4. The van der Waals surface area contributed by atoms with E-state index in [1.807, 2.05) is 11.9 Å². The van der Waals surface area contributed by atoms with Gasteiger partial charge in [-0.1, -0.05) is 31.0 Å². The highest BCUT2D eigenvalue weighted by molar-refractivity contribution is 7.99. The molecule has 2 N–H and O–H groups in total. The van der Waals surface area contributed by atoms with Crippen LogP contribution in [0.5, 0.6) is 0 Å². The van der Waals surface area contributed by atoms with Crippen molar-refractivity contribution in [3.63, 3.8) is 0 Å². The number of rotatable bonds is 8. The first kappa shape index (κ1) is 22.5. The van der Waals surface area contributed by atoms with Crippen molar-refractivity contribution < 1.29 is 13.2 Å². The van der Waals surface area contributed by atoms with Crippen molar-refractivity contribution in [3.05, 3.63) is 0 Å². The van der Waals surface area contributed by atoms with Crippen molar-refractivity contribution in [1.29, 1.82) is 0 Å². The van der Waals surface area contributed by atoms with Crippen molar-refractivity contribution in [3.8, 4) is 0 Å². The third-order valence-electron chi connectivity index (χ3n) is 6.20. The third kappa shape index (κ3) is 6.14. The predicted molar refractivity (Wildman–Crippen MR) is 112 cm³/mol. The summed E-state index contributed by atoms with van der Waals surface area (Å²) in [5.41, 5.74) is 0. The Bertz CT molecular complexity index is 770. The van der Waals surface area contributed by atoms with Crippen molar-refractivity contribution in [2.45, 2.75) is 93.1 Å². The number of nitrogens with two attached hydrogens (primary N) is 1. The largest absolute Gasteiger partial charge is 0.343 e. The summed E-state index contributed by atoms with van der Waals surface area (Å²) in [5, 5.41) is 17.6. The molecule has 0 unspecified atom stereocenters. The van der Waals surface area contributed by atoms with Gasteiger partial charge in [-0.25, -0.2) is 18.2 Å². The lowest BCUT2D eigenvalue weighted by Crippen LogP contribution is -2.38. The molecule has 1 amide bonds. The molecule has 9 nitrogen and oxygen atoms in total. The Kier molecular flexibility index (Phi) is 7.92. The highest BCUT2D eigenvalue weighted by Gasteiger charge is 2.31. The van der Waals surface area contributed by atoms with Crippen LogP contribution in [0.2, 0.25) is 0 Å². The van der Waals surface area contributed by atoms with Crippen LogP contribution in [0.3, 0.4) is 0 Å². The van der Waals surface area contributed by atoms with E-state index in [9.17, 15) is 13.2 Å². The predicted octanol–water partition coefficient (Wildman–Crippen LogP) is 2.11. The highest BCUT2D eigenvalue weighted by Crippen LogP contribution is 2.33. The number of hydrogen-bond acceptors (Lipinski definition) is 7. The third-order valence-corrected chi connectivity index (χ3v) is 8.62. The number of tetrazole rings is 1. The van der Waals surface area contributed by atoms with Crippen LogP contribution in [0.4, 0.5) is 0 Å². The van der Waals surface area contributed by atoms with Gasteiger partial charge in [-0.3, -0.25) is 4.79 Å². The van der Waals surface area contributed by atoms with E-state index in [1.165, 1.54) is 19.3 Å². The van der Waals surface area contributed by atoms with E-state index >= 15 is 0 Å².